The van der Waals surface area contributed by atoms with Gasteiger partial charge in [-0.15, -0.1) is 0 Å². The second kappa shape index (κ2) is 5.25. The van der Waals surface area contributed by atoms with E-state index in [1.807, 2.05) is 30.5 Å². The molecule has 1 N–H and O–H groups in total. The molecule has 0 aliphatic heterocycles. The third-order valence-corrected chi connectivity index (χ3v) is 2.63. The molecule has 0 radical (unpaired) electrons. The van der Waals surface area contributed by atoms with Gasteiger partial charge in [0.1, 0.15) is 0 Å². The molecule has 0 saturated carbocycles. The summed E-state index contributed by atoms with van der Waals surface area (Å²) in [4.78, 5) is 14.7. The van der Waals surface area contributed by atoms with E-state index in [-0.39, 0.29) is 0 Å². The fourth-order valence-electron chi connectivity index (χ4n) is 1.65. The van der Waals surface area contributed by atoms with Crippen LogP contribution in [0.3, 0.4) is 0 Å². The molecule has 0 saturated heterocycles. The zero-order valence-corrected chi connectivity index (χ0v) is 9.34. The summed E-state index contributed by atoms with van der Waals surface area (Å²) in [5.74, 6) is -0.885. The number of hydrogen-bond acceptors (Lipinski definition) is 2. The number of hydrogen-bond donors (Lipinski definition) is 1. The molecule has 1 heterocycles. The third-order valence-electron chi connectivity index (χ3n) is 2.63. The lowest BCUT2D eigenvalue weighted by Crippen LogP contribution is -1.97. The number of rotatable bonds is 4. The Hall–Kier alpha value is -2.16. The van der Waals surface area contributed by atoms with Crippen LogP contribution >= 0.6 is 0 Å². The van der Waals surface area contributed by atoms with E-state index in [1.54, 1.807) is 18.3 Å². The summed E-state index contributed by atoms with van der Waals surface area (Å²) in [6.45, 7) is 0. The monoisotopic (exact) mass is 227 g/mol. The Labute approximate surface area is 99.8 Å². The molecule has 3 nitrogen and oxygen atoms in total. The van der Waals surface area contributed by atoms with Gasteiger partial charge >= 0.3 is 5.97 Å². The van der Waals surface area contributed by atoms with Crippen molar-refractivity contribution >= 4 is 5.97 Å². The van der Waals surface area contributed by atoms with Crippen LogP contribution in [-0.2, 0) is 12.8 Å². The second-order valence-electron chi connectivity index (χ2n) is 3.86. The number of carboxylic acid groups (broad SMARTS) is 1. The van der Waals surface area contributed by atoms with Crippen molar-refractivity contribution in [2.75, 3.05) is 0 Å². The smallest absolute Gasteiger partial charge is 0.335 e. The van der Waals surface area contributed by atoms with E-state index in [4.69, 9.17) is 5.11 Å². The standard InChI is InChI=1S/C14H13NO2/c16-14(17)13-7-5-11(6-8-13)3-4-12-2-1-9-15-10-12/h1-2,5-10H,3-4H2,(H,16,17). The van der Waals surface area contributed by atoms with Gasteiger partial charge in [0.2, 0.25) is 0 Å². The molecule has 0 amide bonds. The van der Waals surface area contributed by atoms with Gasteiger partial charge in [-0.3, -0.25) is 4.98 Å². The summed E-state index contributed by atoms with van der Waals surface area (Å²) in [7, 11) is 0. The molecule has 0 unspecified atom stereocenters. The highest BCUT2D eigenvalue weighted by Crippen LogP contribution is 2.08. The Morgan fingerprint density at radius 1 is 1.06 bits per heavy atom. The highest BCUT2D eigenvalue weighted by molar-refractivity contribution is 5.87. The average Bonchev–Trinajstić information content (AvgIpc) is 2.38. The normalized spacial score (nSPS) is 10.1. The molecule has 0 aliphatic rings. The predicted molar refractivity (Wildman–Crippen MR) is 65.0 cm³/mol. The van der Waals surface area contributed by atoms with Gasteiger partial charge in [0.15, 0.2) is 0 Å². The van der Waals surface area contributed by atoms with Crippen molar-refractivity contribution < 1.29 is 9.90 Å². The molecule has 0 aliphatic carbocycles. The molecule has 0 atom stereocenters. The summed E-state index contributed by atoms with van der Waals surface area (Å²) in [5.41, 5.74) is 2.66. The molecule has 3 heteroatoms. The van der Waals surface area contributed by atoms with E-state index in [0.29, 0.717) is 5.56 Å². The molecule has 2 rings (SSSR count). The summed E-state index contributed by atoms with van der Waals surface area (Å²) in [6.07, 6.45) is 5.42. The maximum atomic E-state index is 10.7. The summed E-state index contributed by atoms with van der Waals surface area (Å²) in [6, 6.07) is 11.0. The lowest BCUT2D eigenvalue weighted by atomic mass is 10.0. The van der Waals surface area contributed by atoms with E-state index in [0.717, 1.165) is 18.4 Å². The molecule has 0 fully saturated rings. The van der Waals surface area contributed by atoms with Crippen LogP contribution in [0.1, 0.15) is 21.5 Å². The predicted octanol–water partition coefficient (Wildman–Crippen LogP) is 2.57. The molecule has 86 valence electrons. The van der Waals surface area contributed by atoms with Crippen LogP contribution in [0.15, 0.2) is 48.8 Å². The van der Waals surface area contributed by atoms with Crippen molar-refractivity contribution in [3.8, 4) is 0 Å². The number of carboxylic acids is 1. The average molecular weight is 227 g/mol. The fourth-order valence-corrected chi connectivity index (χ4v) is 1.65. The van der Waals surface area contributed by atoms with Gasteiger partial charge in [-0.2, -0.15) is 0 Å². The first kappa shape index (κ1) is 11.3. The highest BCUT2D eigenvalue weighted by atomic mass is 16.4. The van der Waals surface area contributed by atoms with E-state index < -0.39 is 5.97 Å². The van der Waals surface area contributed by atoms with Gasteiger partial charge < -0.3 is 5.11 Å². The summed E-state index contributed by atoms with van der Waals surface area (Å²) >= 11 is 0. The molecule has 0 spiro atoms. The van der Waals surface area contributed by atoms with Crippen molar-refractivity contribution in [2.45, 2.75) is 12.8 Å². The van der Waals surface area contributed by atoms with Crippen LogP contribution in [-0.4, -0.2) is 16.1 Å². The van der Waals surface area contributed by atoms with Gasteiger partial charge in [0.25, 0.3) is 0 Å². The Balaban J connectivity index is 1.98. The van der Waals surface area contributed by atoms with Gasteiger partial charge in [-0.05, 0) is 42.2 Å². The Morgan fingerprint density at radius 2 is 1.76 bits per heavy atom. The number of aromatic carboxylic acids is 1. The minimum absolute atomic E-state index is 0.329. The number of nitrogens with zero attached hydrogens (tertiary/aromatic N) is 1. The van der Waals surface area contributed by atoms with Gasteiger partial charge in [0, 0.05) is 12.4 Å². The van der Waals surface area contributed by atoms with Crippen LogP contribution in [0.2, 0.25) is 0 Å². The Kier molecular flexibility index (Phi) is 3.50. The van der Waals surface area contributed by atoms with Gasteiger partial charge in [0.05, 0.1) is 5.56 Å². The molecule has 1 aromatic heterocycles. The lowest BCUT2D eigenvalue weighted by molar-refractivity contribution is 0.0697. The molecule has 0 bridgehead atoms. The SMILES string of the molecule is O=C(O)c1ccc(CCc2cccnc2)cc1. The molecular weight excluding hydrogens is 214 g/mol. The zero-order chi connectivity index (χ0) is 12.1. The van der Waals surface area contributed by atoms with E-state index in [2.05, 4.69) is 4.98 Å². The lowest BCUT2D eigenvalue weighted by Gasteiger charge is -2.02. The Bertz CT molecular complexity index is 491. The summed E-state index contributed by atoms with van der Waals surface area (Å²) < 4.78 is 0. The number of carbonyl (C=O) groups is 1. The third kappa shape index (κ3) is 3.14. The molecule has 1 aromatic carbocycles. The van der Waals surface area contributed by atoms with Crippen molar-refractivity contribution in [1.29, 1.82) is 0 Å². The van der Waals surface area contributed by atoms with Crippen molar-refractivity contribution in [1.82, 2.24) is 4.98 Å². The fraction of sp³-hybridized carbons (Fsp3) is 0.143. The van der Waals surface area contributed by atoms with Gasteiger partial charge in [-0.1, -0.05) is 18.2 Å². The highest BCUT2D eigenvalue weighted by Gasteiger charge is 2.01. The van der Waals surface area contributed by atoms with Crippen LogP contribution in [0.4, 0.5) is 0 Å². The van der Waals surface area contributed by atoms with E-state index in [9.17, 15) is 4.79 Å². The number of aryl methyl sites for hydroxylation is 2. The minimum Gasteiger partial charge on any atom is -0.478 e. The first-order valence-electron chi connectivity index (χ1n) is 5.47. The first-order chi connectivity index (χ1) is 8.25. The maximum Gasteiger partial charge on any atom is 0.335 e. The van der Waals surface area contributed by atoms with Crippen molar-refractivity contribution in [3.63, 3.8) is 0 Å². The number of pyridine rings is 1. The largest absolute Gasteiger partial charge is 0.478 e. The van der Waals surface area contributed by atoms with Crippen LogP contribution in [0.25, 0.3) is 0 Å². The topological polar surface area (TPSA) is 50.2 Å². The minimum atomic E-state index is -0.885. The van der Waals surface area contributed by atoms with Crippen LogP contribution in [0, 0.1) is 0 Å². The van der Waals surface area contributed by atoms with E-state index in [1.165, 1.54) is 5.56 Å². The molecular formula is C14H13NO2. The second-order valence-corrected chi connectivity index (χ2v) is 3.86. The van der Waals surface area contributed by atoms with Crippen molar-refractivity contribution in [2.24, 2.45) is 0 Å². The van der Waals surface area contributed by atoms with E-state index >= 15 is 0 Å². The first-order valence-corrected chi connectivity index (χ1v) is 5.47. The Morgan fingerprint density at radius 3 is 2.35 bits per heavy atom. The maximum absolute atomic E-state index is 10.7. The van der Waals surface area contributed by atoms with Crippen molar-refractivity contribution in [3.05, 3.63) is 65.5 Å². The number of benzene rings is 1. The molecule has 17 heavy (non-hydrogen) atoms. The van der Waals surface area contributed by atoms with Crippen LogP contribution in [0.5, 0.6) is 0 Å². The molecule has 2 aromatic rings. The van der Waals surface area contributed by atoms with Gasteiger partial charge in [-0.25, -0.2) is 4.79 Å². The number of aromatic nitrogens is 1. The van der Waals surface area contributed by atoms with Crippen LogP contribution < -0.4 is 0 Å². The quantitative estimate of drug-likeness (QED) is 0.873. The zero-order valence-electron chi connectivity index (χ0n) is 9.34. The summed E-state index contributed by atoms with van der Waals surface area (Å²) in [5, 5.41) is 8.78.